The van der Waals surface area contributed by atoms with Gasteiger partial charge in [0.1, 0.15) is 5.69 Å². The fourth-order valence-electron chi connectivity index (χ4n) is 4.78. The minimum Gasteiger partial charge on any atom is -0.419 e. The Morgan fingerprint density at radius 3 is 2.69 bits per heavy atom. The van der Waals surface area contributed by atoms with Gasteiger partial charge in [0.15, 0.2) is 0 Å². The molecule has 0 N–H and O–H groups in total. The lowest BCUT2D eigenvalue weighted by molar-refractivity contribution is 0.0256. The van der Waals surface area contributed by atoms with Gasteiger partial charge in [-0.1, -0.05) is 25.5 Å². The summed E-state index contributed by atoms with van der Waals surface area (Å²) in [6.07, 6.45) is 8.01. The molecule has 0 aromatic carbocycles. The molecule has 0 bridgehead atoms. The molecule has 1 saturated heterocycles. The lowest BCUT2D eigenvalue weighted by atomic mass is 9.69. The van der Waals surface area contributed by atoms with Crippen molar-refractivity contribution >= 4 is 0 Å². The van der Waals surface area contributed by atoms with Crippen LogP contribution in [-0.2, 0) is 18.2 Å². The van der Waals surface area contributed by atoms with Gasteiger partial charge in [0, 0.05) is 33.1 Å². The van der Waals surface area contributed by atoms with Crippen LogP contribution in [0.25, 0.3) is 11.6 Å². The maximum absolute atomic E-state index is 5.97. The number of allylic oxidation sites excluding steroid dienone is 1. The first-order valence-electron chi connectivity index (χ1n) is 10.8. The monoisotopic (exact) mass is 399 g/mol. The summed E-state index contributed by atoms with van der Waals surface area (Å²) in [7, 11) is 1.93. The highest BCUT2D eigenvalue weighted by Crippen LogP contribution is 2.39. The number of ether oxygens (including phenoxy) is 1. The standard InChI is InChI=1S/C22H33N5O2/c1-15(2)19-10-17(16(3)9-18(19)13-27-5-7-28-8-6-27)11-21-24-25-22(29-21)20-12-23-14-26(20)4/h9,12,14-15,17-19H,5-8,10-11,13H2,1-4H3. The summed E-state index contributed by atoms with van der Waals surface area (Å²) in [5, 5.41) is 8.56. The van der Waals surface area contributed by atoms with Gasteiger partial charge in [0.25, 0.3) is 5.89 Å². The number of nitrogens with zero attached hydrogens (tertiary/aromatic N) is 5. The van der Waals surface area contributed by atoms with Crippen molar-refractivity contribution in [3.8, 4) is 11.6 Å². The van der Waals surface area contributed by atoms with E-state index in [4.69, 9.17) is 9.15 Å². The third-order valence-electron chi connectivity index (χ3n) is 6.58. The number of morpholine rings is 1. The highest BCUT2D eigenvalue weighted by molar-refractivity contribution is 5.44. The van der Waals surface area contributed by atoms with Crippen molar-refractivity contribution in [3.05, 3.63) is 30.1 Å². The molecular formula is C22H33N5O2. The van der Waals surface area contributed by atoms with Crippen LogP contribution in [0.4, 0.5) is 0 Å². The molecule has 1 fully saturated rings. The number of rotatable bonds is 6. The lowest BCUT2D eigenvalue weighted by Crippen LogP contribution is -2.42. The van der Waals surface area contributed by atoms with Gasteiger partial charge in [-0.05, 0) is 37.0 Å². The highest BCUT2D eigenvalue weighted by atomic mass is 16.5. The molecule has 1 aliphatic carbocycles. The molecule has 1 aliphatic heterocycles. The van der Waals surface area contributed by atoms with Crippen LogP contribution < -0.4 is 0 Å². The summed E-state index contributed by atoms with van der Waals surface area (Å²) < 4.78 is 13.4. The van der Waals surface area contributed by atoms with Gasteiger partial charge in [-0.2, -0.15) is 0 Å². The van der Waals surface area contributed by atoms with E-state index < -0.39 is 0 Å². The zero-order chi connectivity index (χ0) is 20.4. The Kier molecular flexibility index (Phi) is 6.15. The predicted octanol–water partition coefficient (Wildman–Crippen LogP) is 3.20. The van der Waals surface area contributed by atoms with E-state index in [0.717, 1.165) is 45.0 Å². The Morgan fingerprint density at radius 1 is 1.21 bits per heavy atom. The average molecular weight is 400 g/mol. The van der Waals surface area contributed by atoms with Crippen LogP contribution in [-0.4, -0.2) is 57.5 Å². The van der Waals surface area contributed by atoms with Crippen LogP contribution in [0.2, 0.25) is 0 Å². The van der Waals surface area contributed by atoms with Gasteiger partial charge >= 0.3 is 0 Å². The molecule has 7 heteroatoms. The maximum atomic E-state index is 5.97. The SMILES string of the molecule is CC1=CC(CN2CCOCC2)C(C(C)C)CC1Cc1nnc(-c2cncn2C)o1. The molecule has 0 amide bonds. The second-order valence-corrected chi connectivity index (χ2v) is 8.92. The summed E-state index contributed by atoms with van der Waals surface area (Å²) in [5.41, 5.74) is 2.31. The molecular weight excluding hydrogens is 366 g/mol. The number of aryl methyl sites for hydroxylation is 1. The van der Waals surface area contributed by atoms with E-state index in [1.165, 1.54) is 12.0 Å². The topological polar surface area (TPSA) is 69.2 Å². The smallest absolute Gasteiger partial charge is 0.265 e. The molecule has 7 nitrogen and oxygen atoms in total. The molecule has 2 aliphatic rings. The van der Waals surface area contributed by atoms with Crippen LogP contribution in [0.3, 0.4) is 0 Å². The Labute approximate surface area is 173 Å². The Balaban J connectivity index is 1.46. The largest absolute Gasteiger partial charge is 0.419 e. The molecule has 158 valence electrons. The Bertz CT molecular complexity index is 834. The third-order valence-corrected chi connectivity index (χ3v) is 6.58. The first-order valence-corrected chi connectivity index (χ1v) is 10.8. The lowest BCUT2D eigenvalue weighted by Gasteiger charge is -2.40. The second-order valence-electron chi connectivity index (χ2n) is 8.92. The zero-order valence-electron chi connectivity index (χ0n) is 18.0. The molecule has 0 saturated carbocycles. The molecule has 2 aromatic rings. The van der Waals surface area contributed by atoms with Crippen molar-refractivity contribution in [2.75, 3.05) is 32.8 Å². The number of aromatic nitrogens is 4. The van der Waals surface area contributed by atoms with Crippen molar-refractivity contribution in [1.82, 2.24) is 24.6 Å². The van der Waals surface area contributed by atoms with E-state index >= 15 is 0 Å². The van der Waals surface area contributed by atoms with E-state index in [1.54, 1.807) is 12.5 Å². The maximum Gasteiger partial charge on any atom is 0.265 e. The normalized spacial score (nSPS) is 26.1. The molecule has 3 heterocycles. The van der Waals surface area contributed by atoms with Crippen LogP contribution in [0.15, 0.2) is 28.6 Å². The second kappa shape index (κ2) is 8.79. The quantitative estimate of drug-likeness (QED) is 0.695. The van der Waals surface area contributed by atoms with Gasteiger partial charge in [-0.15, -0.1) is 10.2 Å². The van der Waals surface area contributed by atoms with Gasteiger partial charge in [-0.3, -0.25) is 4.90 Å². The molecule has 29 heavy (non-hydrogen) atoms. The van der Waals surface area contributed by atoms with Gasteiger partial charge in [-0.25, -0.2) is 4.98 Å². The van der Waals surface area contributed by atoms with E-state index in [9.17, 15) is 0 Å². The average Bonchev–Trinajstić information content (AvgIpc) is 3.33. The summed E-state index contributed by atoms with van der Waals surface area (Å²) in [5.74, 6) is 3.66. The van der Waals surface area contributed by atoms with Crippen molar-refractivity contribution in [2.24, 2.45) is 30.7 Å². The molecule has 3 atom stereocenters. The van der Waals surface area contributed by atoms with Crippen molar-refractivity contribution in [1.29, 1.82) is 0 Å². The van der Waals surface area contributed by atoms with Crippen LogP contribution in [0, 0.1) is 23.7 Å². The minimum atomic E-state index is 0.461. The summed E-state index contributed by atoms with van der Waals surface area (Å²) in [4.78, 5) is 6.70. The number of imidazole rings is 1. The van der Waals surface area contributed by atoms with Crippen LogP contribution >= 0.6 is 0 Å². The van der Waals surface area contributed by atoms with Crippen LogP contribution in [0.1, 0.15) is 33.1 Å². The van der Waals surface area contributed by atoms with Crippen molar-refractivity contribution in [3.63, 3.8) is 0 Å². The van der Waals surface area contributed by atoms with Gasteiger partial charge < -0.3 is 13.7 Å². The Morgan fingerprint density at radius 2 is 2.00 bits per heavy atom. The minimum absolute atomic E-state index is 0.461. The number of hydrogen-bond acceptors (Lipinski definition) is 6. The van der Waals surface area contributed by atoms with Crippen molar-refractivity contribution < 1.29 is 9.15 Å². The molecule has 2 aromatic heterocycles. The number of hydrogen-bond donors (Lipinski definition) is 0. The van der Waals surface area contributed by atoms with E-state index in [-0.39, 0.29) is 0 Å². The summed E-state index contributed by atoms with van der Waals surface area (Å²) in [6, 6.07) is 0. The van der Waals surface area contributed by atoms with E-state index in [0.29, 0.717) is 35.5 Å². The van der Waals surface area contributed by atoms with Crippen molar-refractivity contribution in [2.45, 2.75) is 33.6 Å². The molecule has 0 spiro atoms. The van der Waals surface area contributed by atoms with Gasteiger partial charge in [0.05, 0.1) is 25.7 Å². The first-order chi connectivity index (χ1) is 14.0. The van der Waals surface area contributed by atoms with E-state index in [1.807, 2.05) is 11.6 Å². The fourth-order valence-corrected chi connectivity index (χ4v) is 4.78. The molecule has 3 unspecified atom stereocenters. The fraction of sp³-hybridized carbons (Fsp3) is 0.682. The summed E-state index contributed by atoms with van der Waals surface area (Å²) in [6.45, 7) is 12.0. The predicted molar refractivity (Wildman–Crippen MR) is 111 cm³/mol. The van der Waals surface area contributed by atoms with Gasteiger partial charge in [0.2, 0.25) is 5.89 Å². The van der Waals surface area contributed by atoms with Crippen LogP contribution in [0.5, 0.6) is 0 Å². The molecule has 4 rings (SSSR count). The highest BCUT2D eigenvalue weighted by Gasteiger charge is 2.33. The van der Waals surface area contributed by atoms with E-state index in [2.05, 4.69) is 46.9 Å². The third kappa shape index (κ3) is 4.61. The summed E-state index contributed by atoms with van der Waals surface area (Å²) >= 11 is 0. The molecule has 0 radical (unpaired) electrons. The zero-order valence-corrected chi connectivity index (χ0v) is 18.0. The Hall–Kier alpha value is -1.99. The first kappa shape index (κ1) is 20.3.